The van der Waals surface area contributed by atoms with Crippen LogP contribution in [0.15, 0.2) is 36.4 Å². The molecule has 1 amide bonds. The summed E-state index contributed by atoms with van der Waals surface area (Å²) in [7, 11) is 0. The number of carbonyl (C=O) groups is 1. The van der Waals surface area contributed by atoms with Gasteiger partial charge in [0.2, 0.25) is 5.91 Å². The molecule has 0 spiro atoms. The molecule has 33 heavy (non-hydrogen) atoms. The molecule has 2 aliphatic rings. The molecule has 5 rings (SSSR count). The molecule has 0 bridgehead atoms. The third-order valence-corrected chi connectivity index (χ3v) is 6.46. The van der Waals surface area contributed by atoms with Crippen LogP contribution in [0.3, 0.4) is 0 Å². The van der Waals surface area contributed by atoms with Crippen LogP contribution in [0.5, 0.6) is 0 Å². The normalized spacial score (nSPS) is 17.6. The van der Waals surface area contributed by atoms with Crippen molar-refractivity contribution in [2.24, 2.45) is 0 Å². The zero-order valence-electron chi connectivity index (χ0n) is 18.5. The summed E-state index contributed by atoms with van der Waals surface area (Å²) in [6.07, 6.45) is -2.81. The molecular weight excluding hydrogens is 431 g/mol. The molecule has 1 aliphatic heterocycles. The second kappa shape index (κ2) is 8.44. The van der Waals surface area contributed by atoms with E-state index in [9.17, 15) is 18.0 Å². The van der Waals surface area contributed by atoms with Crippen molar-refractivity contribution in [2.45, 2.75) is 44.9 Å². The number of piperazine rings is 1. The van der Waals surface area contributed by atoms with Gasteiger partial charge in [0.15, 0.2) is 5.65 Å². The molecule has 0 radical (unpaired) electrons. The Hall–Kier alpha value is -2.94. The van der Waals surface area contributed by atoms with E-state index in [2.05, 4.69) is 27.1 Å². The second-order valence-electron chi connectivity index (χ2n) is 8.95. The first-order valence-corrected chi connectivity index (χ1v) is 11.3. The molecule has 1 aromatic carbocycles. The van der Waals surface area contributed by atoms with Gasteiger partial charge in [-0.05, 0) is 31.4 Å². The SMILES string of the molecule is Cc1nn(CC(=O)N2CCN(Cc3ccccc3)CC2)c2nc(C3CC3)cc(C(F)(F)F)c12. The molecule has 0 N–H and O–H groups in total. The summed E-state index contributed by atoms with van der Waals surface area (Å²) in [4.78, 5) is 21.6. The molecule has 0 atom stereocenters. The van der Waals surface area contributed by atoms with Crippen LogP contribution >= 0.6 is 0 Å². The number of nitrogens with zero attached hydrogens (tertiary/aromatic N) is 5. The number of alkyl halides is 3. The molecule has 2 fully saturated rings. The van der Waals surface area contributed by atoms with Crippen molar-refractivity contribution in [1.29, 1.82) is 0 Å². The average Bonchev–Trinajstić information content (AvgIpc) is 3.59. The van der Waals surface area contributed by atoms with Crippen LogP contribution in [0.2, 0.25) is 0 Å². The maximum absolute atomic E-state index is 13.8. The van der Waals surface area contributed by atoms with Gasteiger partial charge in [-0.3, -0.25) is 9.69 Å². The number of hydrogen-bond acceptors (Lipinski definition) is 4. The predicted octanol–water partition coefficient (Wildman–Crippen LogP) is 3.98. The lowest BCUT2D eigenvalue weighted by molar-refractivity contribution is -0.136. The first-order chi connectivity index (χ1) is 15.8. The summed E-state index contributed by atoms with van der Waals surface area (Å²) in [5, 5.41) is 4.28. The number of fused-ring (bicyclic) bond motifs is 1. The van der Waals surface area contributed by atoms with Gasteiger partial charge < -0.3 is 4.90 Å². The lowest BCUT2D eigenvalue weighted by Crippen LogP contribution is -2.49. The van der Waals surface area contributed by atoms with Crippen molar-refractivity contribution in [2.75, 3.05) is 26.2 Å². The largest absolute Gasteiger partial charge is 0.417 e. The summed E-state index contributed by atoms with van der Waals surface area (Å²) in [6.45, 7) is 4.93. The fourth-order valence-corrected chi connectivity index (χ4v) is 4.52. The van der Waals surface area contributed by atoms with Crippen LogP contribution in [0.1, 0.15) is 41.3 Å². The highest BCUT2D eigenvalue weighted by atomic mass is 19.4. The highest BCUT2D eigenvalue weighted by Crippen LogP contribution is 2.43. The van der Waals surface area contributed by atoms with E-state index in [1.165, 1.54) is 10.2 Å². The van der Waals surface area contributed by atoms with Gasteiger partial charge in [0, 0.05) is 44.3 Å². The van der Waals surface area contributed by atoms with Crippen LogP contribution < -0.4 is 0 Å². The second-order valence-corrected chi connectivity index (χ2v) is 8.95. The Morgan fingerprint density at radius 2 is 1.79 bits per heavy atom. The van der Waals surface area contributed by atoms with Gasteiger partial charge in [-0.15, -0.1) is 0 Å². The van der Waals surface area contributed by atoms with Crippen molar-refractivity contribution >= 4 is 16.9 Å². The molecule has 0 unspecified atom stereocenters. The van der Waals surface area contributed by atoms with Crippen LogP contribution in [-0.2, 0) is 24.1 Å². The number of aryl methyl sites for hydroxylation is 1. The van der Waals surface area contributed by atoms with E-state index in [-0.39, 0.29) is 35.1 Å². The fraction of sp³-hybridized carbons (Fsp3) is 0.458. The van der Waals surface area contributed by atoms with Crippen LogP contribution in [-0.4, -0.2) is 56.7 Å². The van der Waals surface area contributed by atoms with Gasteiger partial charge in [0.05, 0.1) is 16.6 Å². The van der Waals surface area contributed by atoms with Crippen molar-refractivity contribution in [3.8, 4) is 0 Å². The predicted molar refractivity (Wildman–Crippen MR) is 118 cm³/mol. The fourth-order valence-electron chi connectivity index (χ4n) is 4.52. The summed E-state index contributed by atoms with van der Waals surface area (Å²) in [5.74, 6) is -0.0847. The first-order valence-electron chi connectivity index (χ1n) is 11.3. The van der Waals surface area contributed by atoms with E-state index in [0.29, 0.717) is 18.8 Å². The summed E-state index contributed by atoms with van der Waals surface area (Å²) in [6, 6.07) is 11.3. The Morgan fingerprint density at radius 1 is 1.09 bits per heavy atom. The van der Waals surface area contributed by atoms with E-state index in [1.54, 1.807) is 11.8 Å². The number of halogens is 3. The zero-order chi connectivity index (χ0) is 23.2. The van der Waals surface area contributed by atoms with E-state index < -0.39 is 11.7 Å². The van der Waals surface area contributed by atoms with Gasteiger partial charge in [0.25, 0.3) is 0 Å². The first kappa shape index (κ1) is 21.9. The van der Waals surface area contributed by atoms with Crippen molar-refractivity contribution in [3.05, 3.63) is 58.9 Å². The van der Waals surface area contributed by atoms with Crippen molar-refractivity contribution < 1.29 is 18.0 Å². The summed E-state index contributed by atoms with van der Waals surface area (Å²) >= 11 is 0. The molecule has 174 valence electrons. The van der Waals surface area contributed by atoms with Gasteiger partial charge in [-0.2, -0.15) is 18.3 Å². The number of carbonyl (C=O) groups excluding carboxylic acids is 1. The highest BCUT2D eigenvalue weighted by Gasteiger charge is 2.38. The standard InChI is InChI=1S/C24H26F3N5O/c1-16-22-19(24(25,26)27)13-20(18-7-8-18)28-23(22)32(29-16)15-21(33)31-11-9-30(10-12-31)14-17-5-3-2-4-6-17/h2-6,13,18H,7-12,14-15H2,1H3. The minimum absolute atomic E-state index is 0.00706. The quantitative estimate of drug-likeness (QED) is 0.582. The maximum atomic E-state index is 13.8. The topological polar surface area (TPSA) is 54.3 Å². The number of rotatable bonds is 5. The lowest BCUT2D eigenvalue weighted by Gasteiger charge is -2.34. The van der Waals surface area contributed by atoms with Crippen molar-refractivity contribution in [1.82, 2.24) is 24.6 Å². The van der Waals surface area contributed by atoms with Crippen LogP contribution in [0, 0.1) is 6.92 Å². The number of pyridine rings is 1. The van der Waals surface area contributed by atoms with E-state index >= 15 is 0 Å². The number of hydrogen-bond donors (Lipinski definition) is 0. The highest BCUT2D eigenvalue weighted by molar-refractivity contribution is 5.85. The van der Waals surface area contributed by atoms with Crippen LogP contribution in [0.25, 0.3) is 11.0 Å². The molecule has 6 nitrogen and oxygen atoms in total. The number of benzene rings is 1. The Kier molecular flexibility index (Phi) is 5.60. The van der Waals surface area contributed by atoms with Gasteiger partial charge in [-0.1, -0.05) is 30.3 Å². The Morgan fingerprint density at radius 3 is 2.42 bits per heavy atom. The molecule has 1 saturated carbocycles. The third-order valence-electron chi connectivity index (χ3n) is 6.46. The Bertz CT molecular complexity index is 1160. The molecule has 1 aliphatic carbocycles. The van der Waals surface area contributed by atoms with E-state index in [1.807, 2.05) is 18.2 Å². The molecule has 2 aromatic heterocycles. The molecule has 3 aromatic rings. The van der Waals surface area contributed by atoms with E-state index in [0.717, 1.165) is 38.5 Å². The Labute approximate surface area is 190 Å². The van der Waals surface area contributed by atoms with Crippen LogP contribution in [0.4, 0.5) is 13.2 Å². The summed E-state index contributed by atoms with van der Waals surface area (Å²) in [5.41, 5.74) is 1.36. The van der Waals surface area contributed by atoms with Gasteiger partial charge in [0.1, 0.15) is 6.54 Å². The average molecular weight is 458 g/mol. The zero-order valence-corrected chi connectivity index (χ0v) is 18.5. The van der Waals surface area contributed by atoms with Crippen molar-refractivity contribution in [3.63, 3.8) is 0 Å². The monoisotopic (exact) mass is 457 g/mol. The van der Waals surface area contributed by atoms with Gasteiger partial charge >= 0.3 is 6.18 Å². The number of aromatic nitrogens is 3. The molecule has 9 heteroatoms. The molecular formula is C24H26F3N5O. The molecule has 1 saturated heterocycles. The number of amides is 1. The van der Waals surface area contributed by atoms with E-state index in [4.69, 9.17) is 0 Å². The van der Waals surface area contributed by atoms with Gasteiger partial charge in [-0.25, -0.2) is 9.67 Å². The lowest BCUT2D eigenvalue weighted by atomic mass is 10.1. The minimum atomic E-state index is -4.50. The summed E-state index contributed by atoms with van der Waals surface area (Å²) < 4.78 is 42.7. The maximum Gasteiger partial charge on any atom is 0.417 e. The smallest absolute Gasteiger partial charge is 0.339 e. The third kappa shape index (κ3) is 4.59. The Balaban J connectivity index is 1.32. The minimum Gasteiger partial charge on any atom is -0.339 e. The molecule has 3 heterocycles.